The summed E-state index contributed by atoms with van der Waals surface area (Å²) in [5, 5.41) is 0. The summed E-state index contributed by atoms with van der Waals surface area (Å²) in [7, 11) is -3.55. The number of aryl methyl sites for hydroxylation is 2. The van der Waals surface area contributed by atoms with Crippen LogP contribution in [0.3, 0.4) is 0 Å². The van der Waals surface area contributed by atoms with Crippen molar-refractivity contribution in [2.24, 2.45) is 0 Å². The van der Waals surface area contributed by atoms with Gasteiger partial charge in [-0.1, -0.05) is 32.0 Å². The lowest BCUT2D eigenvalue weighted by Gasteiger charge is -2.36. The Bertz CT molecular complexity index is 1260. The summed E-state index contributed by atoms with van der Waals surface area (Å²) in [6, 6.07) is 15.4. The van der Waals surface area contributed by atoms with Crippen molar-refractivity contribution in [3.8, 4) is 0 Å². The van der Waals surface area contributed by atoms with Gasteiger partial charge in [-0.15, -0.1) is 0 Å². The van der Waals surface area contributed by atoms with Gasteiger partial charge in [-0.3, -0.25) is 4.79 Å². The number of anilines is 1. The quantitative estimate of drug-likeness (QED) is 0.453. The van der Waals surface area contributed by atoms with Crippen molar-refractivity contribution in [2.45, 2.75) is 45.1 Å². The Kier molecular flexibility index (Phi) is 7.76. The van der Waals surface area contributed by atoms with Crippen molar-refractivity contribution >= 4 is 32.7 Å². The molecule has 35 heavy (non-hydrogen) atoms. The maximum Gasteiger partial charge on any atom is 0.243 e. The summed E-state index contributed by atoms with van der Waals surface area (Å²) in [6.07, 6.45) is 0.914. The van der Waals surface area contributed by atoms with Gasteiger partial charge in [0.1, 0.15) is 5.82 Å². The number of hydrogen-bond acceptors (Lipinski definition) is 5. The molecular formula is C26H35N5O3S. The first-order valence-corrected chi connectivity index (χ1v) is 13.9. The van der Waals surface area contributed by atoms with Crippen LogP contribution >= 0.6 is 0 Å². The maximum absolute atomic E-state index is 12.9. The minimum atomic E-state index is -3.55. The van der Waals surface area contributed by atoms with Gasteiger partial charge >= 0.3 is 0 Å². The van der Waals surface area contributed by atoms with E-state index in [1.54, 1.807) is 12.1 Å². The largest absolute Gasteiger partial charge is 0.368 e. The number of hydrogen-bond donors (Lipinski definition) is 0. The summed E-state index contributed by atoms with van der Waals surface area (Å²) in [6.45, 7) is 10.3. The molecule has 4 rings (SSSR count). The Labute approximate surface area is 208 Å². The topological polar surface area (TPSA) is 78.8 Å². The van der Waals surface area contributed by atoms with Crippen molar-refractivity contribution in [3.63, 3.8) is 0 Å². The Morgan fingerprint density at radius 1 is 0.971 bits per heavy atom. The molecule has 188 valence electrons. The molecule has 0 spiro atoms. The van der Waals surface area contributed by atoms with Crippen LogP contribution in [0.25, 0.3) is 11.0 Å². The lowest BCUT2D eigenvalue weighted by molar-refractivity contribution is -0.131. The molecule has 1 aromatic heterocycles. The van der Waals surface area contributed by atoms with Crippen LogP contribution in [0.2, 0.25) is 0 Å². The zero-order valence-electron chi connectivity index (χ0n) is 20.9. The van der Waals surface area contributed by atoms with Gasteiger partial charge in [0.15, 0.2) is 0 Å². The molecule has 0 saturated carbocycles. The third kappa shape index (κ3) is 5.21. The molecule has 0 N–H and O–H groups in total. The number of sulfonamides is 1. The van der Waals surface area contributed by atoms with Crippen molar-refractivity contribution in [1.82, 2.24) is 18.8 Å². The number of carbonyl (C=O) groups is 1. The van der Waals surface area contributed by atoms with Gasteiger partial charge in [-0.25, -0.2) is 13.4 Å². The normalized spacial score (nSPS) is 14.7. The highest BCUT2D eigenvalue weighted by Crippen LogP contribution is 2.24. The average Bonchev–Trinajstić information content (AvgIpc) is 3.25. The highest BCUT2D eigenvalue weighted by atomic mass is 32.2. The standard InChI is InChI=1S/C26H35N5O3S/c1-4-30(5-2)35(33,34)22-12-13-24-23(20-22)27-25(31(24)6-3)14-15-26(32)29-18-16-28(17-19-29)21-10-8-7-9-11-21/h7-13,20H,4-6,14-19H2,1-3H3. The molecule has 1 aliphatic rings. The predicted molar refractivity (Wildman–Crippen MR) is 139 cm³/mol. The van der Waals surface area contributed by atoms with E-state index < -0.39 is 10.0 Å². The number of carbonyl (C=O) groups excluding carboxylic acids is 1. The van der Waals surface area contributed by atoms with Gasteiger partial charge in [0.05, 0.1) is 15.9 Å². The molecule has 9 heteroatoms. The van der Waals surface area contributed by atoms with Crippen LogP contribution in [0.1, 0.15) is 33.0 Å². The number of imidazole rings is 1. The van der Waals surface area contributed by atoms with Gasteiger partial charge in [0.2, 0.25) is 15.9 Å². The molecule has 0 radical (unpaired) electrons. The second kappa shape index (κ2) is 10.8. The highest BCUT2D eigenvalue weighted by Gasteiger charge is 2.24. The number of amides is 1. The van der Waals surface area contributed by atoms with Gasteiger partial charge < -0.3 is 14.4 Å². The number of para-hydroxylation sites is 1. The Hall–Kier alpha value is -2.91. The number of rotatable bonds is 9. The zero-order chi connectivity index (χ0) is 25.0. The van der Waals surface area contributed by atoms with Crippen molar-refractivity contribution in [3.05, 3.63) is 54.4 Å². The average molecular weight is 498 g/mol. The lowest BCUT2D eigenvalue weighted by Crippen LogP contribution is -2.48. The number of piperazine rings is 1. The first-order chi connectivity index (χ1) is 16.9. The molecule has 1 amide bonds. The van der Waals surface area contributed by atoms with Crippen LogP contribution in [0.5, 0.6) is 0 Å². The third-order valence-corrected chi connectivity index (χ3v) is 8.82. The van der Waals surface area contributed by atoms with E-state index in [1.165, 1.54) is 9.99 Å². The Morgan fingerprint density at radius 3 is 2.29 bits per heavy atom. The Morgan fingerprint density at radius 2 is 1.66 bits per heavy atom. The third-order valence-electron chi connectivity index (χ3n) is 6.77. The zero-order valence-corrected chi connectivity index (χ0v) is 21.7. The van der Waals surface area contributed by atoms with Crippen LogP contribution in [0.4, 0.5) is 5.69 Å². The molecule has 1 saturated heterocycles. The first-order valence-electron chi connectivity index (χ1n) is 12.5. The second-order valence-corrected chi connectivity index (χ2v) is 10.7. The second-order valence-electron chi connectivity index (χ2n) is 8.72. The molecule has 0 atom stereocenters. The summed E-state index contributed by atoms with van der Waals surface area (Å²) in [5.74, 6) is 0.952. The molecule has 3 aromatic rings. The molecule has 1 aliphatic heterocycles. The van der Waals surface area contributed by atoms with E-state index in [9.17, 15) is 13.2 Å². The van der Waals surface area contributed by atoms with Crippen LogP contribution in [0, 0.1) is 0 Å². The van der Waals surface area contributed by atoms with Crippen LogP contribution in [0.15, 0.2) is 53.4 Å². The van der Waals surface area contributed by atoms with Gasteiger partial charge in [-0.2, -0.15) is 4.31 Å². The van der Waals surface area contributed by atoms with Crippen LogP contribution in [-0.4, -0.2) is 72.3 Å². The van der Waals surface area contributed by atoms with Gasteiger partial charge in [-0.05, 0) is 37.3 Å². The SMILES string of the molecule is CCN(CC)S(=O)(=O)c1ccc2c(c1)nc(CCC(=O)N1CCN(c3ccccc3)CC1)n2CC. The molecular weight excluding hydrogens is 462 g/mol. The monoisotopic (exact) mass is 497 g/mol. The van der Waals surface area contributed by atoms with E-state index in [2.05, 4.69) is 21.6 Å². The highest BCUT2D eigenvalue weighted by molar-refractivity contribution is 7.89. The molecule has 2 aromatic carbocycles. The smallest absolute Gasteiger partial charge is 0.243 e. The fourth-order valence-corrected chi connectivity index (χ4v) is 6.28. The van der Waals surface area contributed by atoms with E-state index in [0.717, 1.165) is 24.4 Å². The minimum Gasteiger partial charge on any atom is -0.368 e. The van der Waals surface area contributed by atoms with Crippen molar-refractivity contribution < 1.29 is 13.2 Å². The van der Waals surface area contributed by atoms with Crippen molar-refractivity contribution in [1.29, 1.82) is 0 Å². The fraction of sp³-hybridized carbons (Fsp3) is 0.462. The summed E-state index contributed by atoms with van der Waals surface area (Å²) in [4.78, 5) is 22.2. The predicted octanol–water partition coefficient (Wildman–Crippen LogP) is 3.37. The Balaban J connectivity index is 1.44. The number of benzene rings is 2. The molecule has 0 unspecified atom stereocenters. The van der Waals surface area contributed by atoms with E-state index in [1.807, 2.05) is 49.9 Å². The molecule has 0 bridgehead atoms. The van der Waals surface area contributed by atoms with Crippen molar-refractivity contribution in [2.75, 3.05) is 44.2 Å². The number of nitrogens with zero attached hydrogens (tertiary/aromatic N) is 5. The minimum absolute atomic E-state index is 0.136. The summed E-state index contributed by atoms with van der Waals surface area (Å²) >= 11 is 0. The van der Waals surface area contributed by atoms with E-state index in [4.69, 9.17) is 4.98 Å². The molecule has 1 fully saturated rings. The summed E-state index contributed by atoms with van der Waals surface area (Å²) in [5.41, 5.74) is 2.74. The maximum atomic E-state index is 12.9. The number of aromatic nitrogens is 2. The summed E-state index contributed by atoms with van der Waals surface area (Å²) < 4.78 is 29.4. The van der Waals surface area contributed by atoms with Gasteiger partial charge in [0.25, 0.3) is 0 Å². The van der Waals surface area contributed by atoms with E-state index in [0.29, 0.717) is 51.1 Å². The molecule has 2 heterocycles. The van der Waals surface area contributed by atoms with E-state index >= 15 is 0 Å². The lowest BCUT2D eigenvalue weighted by atomic mass is 10.2. The molecule has 8 nitrogen and oxygen atoms in total. The first kappa shape index (κ1) is 25.2. The molecule has 0 aliphatic carbocycles. The number of fused-ring (bicyclic) bond motifs is 1. The van der Waals surface area contributed by atoms with Crippen LogP contribution in [-0.2, 0) is 27.8 Å². The van der Waals surface area contributed by atoms with Gasteiger partial charge in [0, 0.05) is 64.3 Å². The fourth-order valence-electron chi connectivity index (χ4n) is 4.81. The van der Waals surface area contributed by atoms with Crippen LogP contribution < -0.4 is 4.90 Å². The van der Waals surface area contributed by atoms with E-state index in [-0.39, 0.29) is 10.8 Å².